The molecule has 0 unspecified atom stereocenters. The molecule has 3 heterocycles. The van der Waals surface area contributed by atoms with Crippen molar-refractivity contribution in [2.24, 2.45) is 5.92 Å². The zero-order chi connectivity index (χ0) is 28.3. The van der Waals surface area contributed by atoms with Crippen molar-refractivity contribution in [3.8, 4) is 6.07 Å². The van der Waals surface area contributed by atoms with Crippen molar-refractivity contribution >= 4 is 45.9 Å². The van der Waals surface area contributed by atoms with Crippen LogP contribution in [0.15, 0.2) is 42.6 Å². The Balaban J connectivity index is 1.30. The Bertz CT molecular complexity index is 1590. The molecular formula is C30H31ClN6O3. The van der Waals surface area contributed by atoms with E-state index < -0.39 is 17.5 Å². The number of para-hydroxylation sites is 1. The Morgan fingerprint density at radius 1 is 1.27 bits per heavy atom. The highest BCUT2D eigenvalue weighted by Gasteiger charge is 2.56. The first kappa shape index (κ1) is 26.3. The van der Waals surface area contributed by atoms with E-state index in [-0.39, 0.29) is 36.6 Å². The number of carbonyl (C=O) groups is 3. The van der Waals surface area contributed by atoms with Gasteiger partial charge in [0.05, 0.1) is 22.5 Å². The summed E-state index contributed by atoms with van der Waals surface area (Å²) in [5, 5.41) is 18.7. The zero-order valence-electron chi connectivity index (χ0n) is 22.7. The molecule has 206 valence electrons. The number of amides is 3. The maximum absolute atomic E-state index is 14.2. The number of hydrogen-bond acceptors (Lipinski definition) is 5. The second-order valence-electron chi connectivity index (χ2n) is 11.7. The molecule has 40 heavy (non-hydrogen) atoms. The lowest BCUT2D eigenvalue weighted by atomic mass is 9.80. The number of nitrogens with zero attached hydrogens (tertiary/aromatic N) is 5. The minimum atomic E-state index is -0.988. The first-order chi connectivity index (χ1) is 19.1. The van der Waals surface area contributed by atoms with Gasteiger partial charge in [0, 0.05) is 42.8 Å². The number of anilines is 1. The number of nitriles is 1. The van der Waals surface area contributed by atoms with Crippen molar-refractivity contribution in [3.05, 3.63) is 58.7 Å². The third-order valence-electron chi connectivity index (χ3n) is 8.43. The van der Waals surface area contributed by atoms with Crippen molar-refractivity contribution in [2.45, 2.75) is 63.1 Å². The van der Waals surface area contributed by atoms with Crippen LogP contribution in [-0.4, -0.2) is 63.0 Å². The van der Waals surface area contributed by atoms with Crippen LogP contribution in [0, 0.1) is 17.2 Å². The molecule has 2 fully saturated rings. The molecule has 3 amide bonds. The highest BCUT2D eigenvalue weighted by Crippen LogP contribution is 2.46. The molecule has 0 radical (unpaired) electrons. The highest BCUT2D eigenvalue weighted by atomic mass is 35.5. The summed E-state index contributed by atoms with van der Waals surface area (Å²) in [5.41, 5.74) is 1.54. The van der Waals surface area contributed by atoms with Crippen LogP contribution in [0.5, 0.6) is 0 Å². The van der Waals surface area contributed by atoms with Crippen molar-refractivity contribution in [1.82, 2.24) is 19.6 Å². The number of likely N-dealkylation sites (tertiary alicyclic amines) is 1. The fraction of sp³-hybridized carbons (Fsp3) is 0.433. The number of halogens is 1. The molecular weight excluding hydrogens is 528 g/mol. The maximum atomic E-state index is 14.2. The van der Waals surface area contributed by atoms with Crippen LogP contribution in [0.2, 0.25) is 5.02 Å². The lowest BCUT2D eigenvalue weighted by molar-refractivity contribution is -0.136. The number of aromatic nitrogens is 2. The van der Waals surface area contributed by atoms with Gasteiger partial charge in [-0.25, -0.2) is 0 Å². The van der Waals surface area contributed by atoms with Gasteiger partial charge in [0.25, 0.3) is 5.91 Å². The van der Waals surface area contributed by atoms with Gasteiger partial charge in [-0.15, -0.1) is 0 Å². The van der Waals surface area contributed by atoms with Gasteiger partial charge in [0.1, 0.15) is 17.6 Å². The van der Waals surface area contributed by atoms with Crippen molar-refractivity contribution in [3.63, 3.8) is 0 Å². The van der Waals surface area contributed by atoms with Gasteiger partial charge in [0.15, 0.2) is 0 Å². The quantitative estimate of drug-likeness (QED) is 0.478. The zero-order valence-corrected chi connectivity index (χ0v) is 23.5. The Morgan fingerprint density at radius 2 is 2.02 bits per heavy atom. The molecule has 1 saturated heterocycles. The third kappa shape index (κ3) is 4.22. The molecule has 1 aliphatic carbocycles. The van der Waals surface area contributed by atoms with Crippen LogP contribution in [0.3, 0.4) is 0 Å². The molecule has 1 spiro atoms. The standard InChI is InChI=1S/C30H31ClN6O3/c1-17(2)10-25(35(3)27(38)18-11-19-15-37(20-8-9-20)34-26(19)23(31)12-18)28(39)36-16-30(13-21(36)14-32)22-6-4-5-7-24(22)33-29(30)40/h4-7,11-12,15,17,20-21,25H,8-10,13,16H2,1-3H3,(H,33,40)/t21-,25-,30-/m0/s1. The molecule has 1 N–H and O–H groups in total. The van der Waals surface area contributed by atoms with Crippen molar-refractivity contribution < 1.29 is 14.4 Å². The summed E-state index contributed by atoms with van der Waals surface area (Å²) in [5.74, 6) is -0.782. The fourth-order valence-electron chi connectivity index (χ4n) is 6.15. The smallest absolute Gasteiger partial charge is 0.254 e. The minimum absolute atomic E-state index is 0.0850. The number of likely N-dealkylation sites (N-methyl/N-ethyl adjacent to an activating group) is 1. The SMILES string of the molecule is CC(C)C[C@@H](C(=O)N1C[C@]2(C[C@H]1C#N)C(=O)Nc1ccccc12)N(C)C(=O)c1cc(Cl)c2nn(C3CC3)cc2c1. The van der Waals surface area contributed by atoms with Gasteiger partial charge >= 0.3 is 0 Å². The van der Waals surface area contributed by atoms with Crippen LogP contribution in [0.4, 0.5) is 5.69 Å². The van der Waals surface area contributed by atoms with Crippen LogP contribution < -0.4 is 5.32 Å². The average molecular weight is 559 g/mol. The van der Waals surface area contributed by atoms with E-state index in [4.69, 9.17) is 11.6 Å². The van der Waals surface area contributed by atoms with E-state index in [0.29, 0.717) is 34.3 Å². The van der Waals surface area contributed by atoms with Gasteiger partial charge in [-0.1, -0.05) is 43.6 Å². The number of carbonyl (C=O) groups excluding carboxylic acids is 3. The Hall–Kier alpha value is -3.90. The van der Waals surface area contributed by atoms with Crippen LogP contribution in [0.1, 0.15) is 61.5 Å². The summed E-state index contributed by atoms with van der Waals surface area (Å²) < 4.78 is 1.90. The number of nitrogens with one attached hydrogen (secondary N) is 1. The number of hydrogen-bond donors (Lipinski definition) is 1. The highest BCUT2D eigenvalue weighted by molar-refractivity contribution is 6.35. The Kier molecular flexibility index (Phi) is 6.34. The van der Waals surface area contributed by atoms with E-state index >= 15 is 0 Å². The topological polar surface area (TPSA) is 111 Å². The lowest BCUT2D eigenvalue weighted by Gasteiger charge is -2.33. The summed E-state index contributed by atoms with van der Waals surface area (Å²) in [6.07, 6.45) is 4.68. The number of rotatable bonds is 6. The summed E-state index contributed by atoms with van der Waals surface area (Å²) in [4.78, 5) is 44.1. The van der Waals surface area contributed by atoms with Gasteiger partial charge in [-0.05, 0) is 48.9 Å². The van der Waals surface area contributed by atoms with Crippen molar-refractivity contribution in [1.29, 1.82) is 5.26 Å². The largest absolute Gasteiger partial charge is 0.330 e. The van der Waals surface area contributed by atoms with Gasteiger partial charge in [0.2, 0.25) is 11.8 Å². The fourth-order valence-corrected chi connectivity index (χ4v) is 6.42. The summed E-state index contributed by atoms with van der Waals surface area (Å²) in [7, 11) is 1.61. The molecule has 3 aromatic rings. The van der Waals surface area contributed by atoms with E-state index in [1.807, 2.05) is 49.0 Å². The van der Waals surface area contributed by atoms with Gasteiger partial charge in [-0.3, -0.25) is 19.1 Å². The van der Waals surface area contributed by atoms with Gasteiger partial charge in [-0.2, -0.15) is 10.4 Å². The van der Waals surface area contributed by atoms with Crippen LogP contribution in [-0.2, 0) is 15.0 Å². The predicted octanol–water partition coefficient (Wildman–Crippen LogP) is 4.53. The molecule has 9 nitrogen and oxygen atoms in total. The summed E-state index contributed by atoms with van der Waals surface area (Å²) >= 11 is 6.55. The molecule has 1 aromatic heterocycles. The van der Waals surface area contributed by atoms with Crippen molar-refractivity contribution in [2.75, 3.05) is 18.9 Å². The second kappa shape index (κ2) is 9.63. The van der Waals surface area contributed by atoms with Crippen LogP contribution in [0.25, 0.3) is 10.9 Å². The maximum Gasteiger partial charge on any atom is 0.254 e. The molecule has 0 bridgehead atoms. The van der Waals surface area contributed by atoms with E-state index in [1.165, 1.54) is 9.80 Å². The number of fused-ring (bicyclic) bond motifs is 3. The molecule has 10 heteroatoms. The second-order valence-corrected chi connectivity index (χ2v) is 12.1. The van der Waals surface area contributed by atoms with E-state index in [1.54, 1.807) is 19.2 Å². The minimum Gasteiger partial charge on any atom is -0.330 e. The molecule has 1 saturated carbocycles. The van der Waals surface area contributed by atoms with E-state index in [2.05, 4.69) is 16.5 Å². The first-order valence-electron chi connectivity index (χ1n) is 13.7. The molecule has 2 aliphatic heterocycles. The molecule has 2 aromatic carbocycles. The molecule has 3 atom stereocenters. The van der Waals surface area contributed by atoms with E-state index in [0.717, 1.165) is 23.8 Å². The first-order valence-corrected chi connectivity index (χ1v) is 14.1. The molecule has 6 rings (SSSR count). The average Bonchev–Trinajstić information content (AvgIpc) is 3.47. The lowest BCUT2D eigenvalue weighted by Crippen LogP contribution is -2.52. The van der Waals surface area contributed by atoms with E-state index in [9.17, 15) is 19.6 Å². The summed E-state index contributed by atoms with van der Waals surface area (Å²) in [6.45, 7) is 4.06. The molecule has 3 aliphatic rings. The normalized spacial score (nSPS) is 22.4. The Labute approximate surface area is 237 Å². The van der Waals surface area contributed by atoms with Gasteiger partial charge < -0.3 is 15.1 Å². The van der Waals surface area contributed by atoms with Crippen LogP contribution >= 0.6 is 11.6 Å². The monoisotopic (exact) mass is 558 g/mol. The third-order valence-corrected chi connectivity index (χ3v) is 8.72. The Morgan fingerprint density at radius 3 is 2.73 bits per heavy atom. The number of benzene rings is 2. The summed E-state index contributed by atoms with van der Waals surface area (Å²) in [6, 6.07) is 11.8. The predicted molar refractivity (Wildman–Crippen MR) is 151 cm³/mol.